The number of halogens is 1. The van der Waals surface area contributed by atoms with E-state index < -0.39 is 0 Å². The summed E-state index contributed by atoms with van der Waals surface area (Å²) in [5.41, 5.74) is 4.74. The van der Waals surface area contributed by atoms with E-state index in [0.29, 0.717) is 5.02 Å². The summed E-state index contributed by atoms with van der Waals surface area (Å²) in [7, 11) is 0. The van der Waals surface area contributed by atoms with Crippen LogP contribution in [-0.4, -0.2) is 11.2 Å². The second kappa shape index (κ2) is 5.28. The van der Waals surface area contributed by atoms with Crippen LogP contribution in [0.2, 0.25) is 5.02 Å². The molecule has 0 saturated heterocycles. The SMILES string of the molecule is Clc1ccc(N/N=C\c2cccnc2)cc1. The van der Waals surface area contributed by atoms with E-state index >= 15 is 0 Å². The lowest BCUT2D eigenvalue weighted by Crippen LogP contribution is -1.90. The van der Waals surface area contributed by atoms with Crippen LogP contribution in [0.1, 0.15) is 5.56 Å². The van der Waals surface area contributed by atoms with Crippen molar-refractivity contribution in [3.63, 3.8) is 0 Å². The number of nitrogens with one attached hydrogen (secondary N) is 1. The fourth-order valence-electron chi connectivity index (χ4n) is 1.16. The van der Waals surface area contributed by atoms with Crippen molar-refractivity contribution >= 4 is 23.5 Å². The van der Waals surface area contributed by atoms with Crippen LogP contribution in [0.4, 0.5) is 5.69 Å². The molecule has 1 heterocycles. The number of hydrazone groups is 1. The minimum atomic E-state index is 0.710. The summed E-state index contributed by atoms with van der Waals surface area (Å²) in [6, 6.07) is 11.1. The largest absolute Gasteiger partial charge is 0.279 e. The summed E-state index contributed by atoms with van der Waals surface area (Å²) >= 11 is 5.77. The quantitative estimate of drug-likeness (QED) is 0.651. The van der Waals surface area contributed by atoms with Crippen LogP contribution in [0.25, 0.3) is 0 Å². The molecule has 0 atom stereocenters. The second-order valence-corrected chi connectivity index (χ2v) is 3.60. The maximum absolute atomic E-state index is 5.77. The van der Waals surface area contributed by atoms with Gasteiger partial charge in [0.05, 0.1) is 11.9 Å². The van der Waals surface area contributed by atoms with Gasteiger partial charge in [0.15, 0.2) is 0 Å². The predicted molar refractivity (Wildman–Crippen MR) is 66.9 cm³/mol. The molecule has 0 aliphatic heterocycles. The van der Waals surface area contributed by atoms with Crippen molar-refractivity contribution in [2.24, 2.45) is 5.10 Å². The third-order valence-electron chi connectivity index (χ3n) is 1.94. The first kappa shape index (κ1) is 10.6. The van der Waals surface area contributed by atoms with Crippen molar-refractivity contribution in [2.75, 3.05) is 5.43 Å². The first-order chi connectivity index (χ1) is 7.84. The van der Waals surface area contributed by atoms with Gasteiger partial charge in [0.25, 0.3) is 0 Å². The Morgan fingerprint density at radius 1 is 1.19 bits per heavy atom. The normalized spacial score (nSPS) is 10.6. The summed E-state index contributed by atoms with van der Waals surface area (Å²) in [5.74, 6) is 0. The van der Waals surface area contributed by atoms with E-state index in [9.17, 15) is 0 Å². The Kier molecular flexibility index (Phi) is 3.51. The van der Waals surface area contributed by atoms with E-state index in [4.69, 9.17) is 11.6 Å². The number of aromatic nitrogens is 1. The number of hydrogen-bond acceptors (Lipinski definition) is 3. The maximum Gasteiger partial charge on any atom is 0.0562 e. The van der Waals surface area contributed by atoms with Gasteiger partial charge in [-0.05, 0) is 30.3 Å². The Balaban J connectivity index is 1.97. The molecular weight excluding hydrogens is 222 g/mol. The van der Waals surface area contributed by atoms with E-state index in [0.717, 1.165) is 11.3 Å². The smallest absolute Gasteiger partial charge is 0.0562 e. The fraction of sp³-hybridized carbons (Fsp3) is 0. The van der Waals surface area contributed by atoms with E-state index in [1.54, 1.807) is 18.6 Å². The van der Waals surface area contributed by atoms with Crippen molar-refractivity contribution < 1.29 is 0 Å². The lowest BCUT2D eigenvalue weighted by atomic mass is 10.3. The highest BCUT2D eigenvalue weighted by Gasteiger charge is 1.89. The monoisotopic (exact) mass is 231 g/mol. The van der Waals surface area contributed by atoms with E-state index in [1.165, 1.54) is 0 Å². The lowest BCUT2D eigenvalue weighted by molar-refractivity contribution is 1.30. The third kappa shape index (κ3) is 3.07. The minimum absolute atomic E-state index is 0.710. The molecule has 2 aromatic rings. The van der Waals surface area contributed by atoms with E-state index in [1.807, 2.05) is 36.4 Å². The summed E-state index contributed by atoms with van der Waals surface area (Å²) in [6.45, 7) is 0. The zero-order chi connectivity index (χ0) is 11.2. The van der Waals surface area contributed by atoms with Crippen molar-refractivity contribution in [1.29, 1.82) is 0 Å². The lowest BCUT2D eigenvalue weighted by Gasteiger charge is -1.99. The molecule has 0 aliphatic carbocycles. The minimum Gasteiger partial charge on any atom is -0.279 e. The molecule has 0 amide bonds. The number of hydrogen-bond donors (Lipinski definition) is 1. The Labute approximate surface area is 98.8 Å². The van der Waals surface area contributed by atoms with Crippen LogP contribution in [0, 0.1) is 0 Å². The van der Waals surface area contributed by atoms with Gasteiger partial charge in [-0.1, -0.05) is 17.7 Å². The number of benzene rings is 1. The zero-order valence-corrected chi connectivity index (χ0v) is 9.22. The molecule has 1 N–H and O–H groups in total. The molecular formula is C12H10ClN3. The number of anilines is 1. The van der Waals surface area contributed by atoms with E-state index in [2.05, 4.69) is 15.5 Å². The van der Waals surface area contributed by atoms with Gasteiger partial charge >= 0.3 is 0 Å². The zero-order valence-electron chi connectivity index (χ0n) is 8.47. The molecule has 0 aliphatic rings. The molecule has 1 aromatic carbocycles. The summed E-state index contributed by atoms with van der Waals surface area (Å²) in [6.07, 6.45) is 5.18. The summed E-state index contributed by atoms with van der Waals surface area (Å²) in [5, 5.41) is 4.79. The van der Waals surface area contributed by atoms with Crippen molar-refractivity contribution in [3.8, 4) is 0 Å². The first-order valence-corrected chi connectivity index (χ1v) is 5.17. The van der Waals surface area contributed by atoms with Crippen LogP contribution < -0.4 is 5.43 Å². The van der Waals surface area contributed by atoms with Gasteiger partial charge in [-0.3, -0.25) is 10.4 Å². The van der Waals surface area contributed by atoms with Gasteiger partial charge in [-0.25, -0.2) is 0 Å². The first-order valence-electron chi connectivity index (χ1n) is 4.79. The summed E-state index contributed by atoms with van der Waals surface area (Å²) in [4.78, 5) is 3.99. The standard InChI is InChI=1S/C12H10ClN3/c13-11-3-5-12(6-4-11)16-15-9-10-2-1-7-14-8-10/h1-9,16H/b15-9-. The third-order valence-corrected chi connectivity index (χ3v) is 2.19. The Hall–Kier alpha value is -1.87. The van der Waals surface area contributed by atoms with Crippen molar-refractivity contribution in [2.45, 2.75) is 0 Å². The molecule has 1 aromatic heterocycles. The molecule has 0 radical (unpaired) electrons. The average Bonchev–Trinajstić information content (AvgIpc) is 2.33. The number of rotatable bonds is 3. The van der Waals surface area contributed by atoms with Gasteiger partial charge in [0, 0.05) is 23.0 Å². The van der Waals surface area contributed by atoms with Gasteiger partial charge in [0.2, 0.25) is 0 Å². The van der Waals surface area contributed by atoms with Gasteiger partial charge < -0.3 is 0 Å². The van der Waals surface area contributed by atoms with Crippen molar-refractivity contribution in [3.05, 3.63) is 59.4 Å². The molecule has 4 heteroatoms. The Bertz CT molecular complexity index is 465. The van der Waals surface area contributed by atoms with Crippen LogP contribution >= 0.6 is 11.6 Å². The number of pyridine rings is 1. The highest BCUT2D eigenvalue weighted by atomic mass is 35.5. The average molecular weight is 232 g/mol. The highest BCUT2D eigenvalue weighted by molar-refractivity contribution is 6.30. The second-order valence-electron chi connectivity index (χ2n) is 3.16. The maximum atomic E-state index is 5.77. The molecule has 0 saturated carbocycles. The van der Waals surface area contributed by atoms with Crippen molar-refractivity contribution in [1.82, 2.24) is 4.98 Å². The summed E-state index contributed by atoms with van der Waals surface area (Å²) < 4.78 is 0. The van der Waals surface area contributed by atoms with E-state index in [-0.39, 0.29) is 0 Å². The fourth-order valence-corrected chi connectivity index (χ4v) is 1.28. The molecule has 80 valence electrons. The van der Waals surface area contributed by atoms with Crippen LogP contribution in [0.3, 0.4) is 0 Å². The molecule has 0 unspecified atom stereocenters. The van der Waals surface area contributed by atoms with Crippen LogP contribution in [0.15, 0.2) is 53.9 Å². The van der Waals surface area contributed by atoms with Gasteiger partial charge in [-0.2, -0.15) is 5.10 Å². The Morgan fingerprint density at radius 3 is 2.69 bits per heavy atom. The molecule has 16 heavy (non-hydrogen) atoms. The van der Waals surface area contributed by atoms with Gasteiger partial charge in [-0.15, -0.1) is 0 Å². The Morgan fingerprint density at radius 2 is 2.00 bits per heavy atom. The highest BCUT2D eigenvalue weighted by Crippen LogP contribution is 2.12. The van der Waals surface area contributed by atoms with Gasteiger partial charge in [0.1, 0.15) is 0 Å². The molecule has 0 spiro atoms. The molecule has 3 nitrogen and oxygen atoms in total. The topological polar surface area (TPSA) is 37.3 Å². The molecule has 0 fully saturated rings. The molecule has 2 rings (SSSR count). The number of nitrogens with zero attached hydrogens (tertiary/aromatic N) is 2. The van der Waals surface area contributed by atoms with Crippen LogP contribution in [-0.2, 0) is 0 Å². The molecule has 0 bridgehead atoms. The van der Waals surface area contributed by atoms with Crippen LogP contribution in [0.5, 0.6) is 0 Å². The predicted octanol–water partition coefficient (Wildman–Crippen LogP) is 3.18.